The molecule has 2 aromatic rings. The average Bonchev–Trinajstić information content (AvgIpc) is 3.10. The number of thioether (sulfide) groups is 1. The summed E-state index contributed by atoms with van der Waals surface area (Å²) >= 11 is 6.75. The molecule has 180 valence electrons. The smallest absolute Gasteiger partial charge is 0.344 e. The summed E-state index contributed by atoms with van der Waals surface area (Å²) in [7, 11) is 0. The highest BCUT2D eigenvalue weighted by molar-refractivity contribution is 8.27. The third-order valence-corrected chi connectivity index (χ3v) is 6.91. The molecule has 0 aliphatic carbocycles. The van der Waals surface area contributed by atoms with Gasteiger partial charge in [0.1, 0.15) is 0 Å². The number of ether oxygens (including phenoxy) is 2. The third-order valence-electron chi connectivity index (χ3n) is 5.61. The molecule has 3 rings (SSSR count). The van der Waals surface area contributed by atoms with Crippen LogP contribution in [0.3, 0.4) is 0 Å². The Morgan fingerprint density at radius 2 is 1.82 bits per heavy atom. The normalized spacial score (nSPS) is 16.6. The highest BCUT2D eigenvalue weighted by Crippen LogP contribution is 2.38. The Labute approximate surface area is 209 Å². The van der Waals surface area contributed by atoms with Crippen molar-refractivity contribution >= 4 is 51.9 Å². The first kappa shape index (κ1) is 25.8. The molecule has 0 spiro atoms. The van der Waals surface area contributed by atoms with Crippen LogP contribution >= 0.6 is 24.0 Å². The van der Waals surface area contributed by atoms with E-state index in [1.54, 1.807) is 36.1 Å². The minimum absolute atomic E-state index is 0.179. The lowest BCUT2D eigenvalue weighted by Gasteiger charge is -2.17. The summed E-state index contributed by atoms with van der Waals surface area (Å²) in [4.78, 5) is 26.6. The van der Waals surface area contributed by atoms with E-state index in [9.17, 15) is 14.7 Å². The van der Waals surface area contributed by atoms with Crippen molar-refractivity contribution in [3.05, 3.63) is 58.5 Å². The second kappa shape index (κ2) is 11.5. The number of carbonyl (C=O) groups excluding carboxylic acids is 1. The number of carbonyl (C=O) groups is 2. The molecule has 1 aliphatic rings. The Morgan fingerprint density at radius 1 is 1.12 bits per heavy atom. The van der Waals surface area contributed by atoms with Gasteiger partial charge in [0.25, 0.3) is 5.91 Å². The van der Waals surface area contributed by atoms with E-state index in [-0.39, 0.29) is 5.91 Å². The Morgan fingerprint density at radius 3 is 2.41 bits per heavy atom. The van der Waals surface area contributed by atoms with Crippen molar-refractivity contribution in [1.29, 1.82) is 0 Å². The summed E-state index contributed by atoms with van der Waals surface area (Å²) in [6.07, 6.45) is 2.16. The lowest BCUT2D eigenvalue weighted by molar-refractivity contribution is -0.145. The van der Waals surface area contributed by atoms with E-state index in [0.29, 0.717) is 39.7 Å². The zero-order valence-electron chi connectivity index (χ0n) is 19.7. The summed E-state index contributed by atoms with van der Waals surface area (Å²) in [5, 5.41) is 9.29. The van der Waals surface area contributed by atoms with E-state index in [0.717, 1.165) is 17.7 Å². The number of aliphatic carboxylic acids is 1. The zero-order chi connectivity index (χ0) is 24.8. The van der Waals surface area contributed by atoms with Crippen LogP contribution in [0.25, 0.3) is 6.08 Å². The standard InChI is InChI=1S/C26H29NO5S2/c1-5-16(4)18-9-11-19(12-10-18)27-24(28)23(34-26(27)33)15-17-8-13-21(22(14-17)31-7-3)32-20(6-2)25(29)30/h8-16,20H,5-7H2,1-4H3,(H,29,30)/b23-15+. The average molecular weight is 500 g/mol. The number of amides is 1. The monoisotopic (exact) mass is 499 g/mol. The first-order valence-corrected chi connectivity index (χ1v) is 12.6. The minimum atomic E-state index is -1.03. The molecule has 2 unspecified atom stereocenters. The number of nitrogens with zero attached hydrogens (tertiary/aromatic N) is 1. The largest absolute Gasteiger partial charge is 0.490 e. The van der Waals surface area contributed by atoms with Gasteiger partial charge in [-0.25, -0.2) is 4.79 Å². The Kier molecular flexibility index (Phi) is 8.74. The molecule has 34 heavy (non-hydrogen) atoms. The van der Waals surface area contributed by atoms with Gasteiger partial charge in [-0.05, 0) is 67.2 Å². The van der Waals surface area contributed by atoms with Crippen molar-refractivity contribution in [1.82, 2.24) is 0 Å². The molecule has 0 radical (unpaired) electrons. The molecule has 8 heteroatoms. The van der Waals surface area contributed by atoms with E-state index in [4.69, 9.17) is 21.7 Å². The number of thiocarbonyl (C=S) groups is 1. The summed E-state index contributed by atoms with van der Waals surface area (Å²) in [6, 6.07) is 13.1. The van der Waals surface area contributed by atoms with Crippen LogP contribution < -0.4 is 14.4 Å². The lowest BCUT2D eigenvalue weighted by atomic mass is 9.98. The highest BCUT2D eigenvalue weighted by Gasteiger charge is 2.33. The van der Waals surface area contributed by atoms with E-state index >= 15 is 0 Å². The van der Waals surface area contributed by atoms with Crippen LogP contribution in [0.2, 0.25) is 0 Å². The summed E-state index contributed by atoms with van der Waals surface area (Å²) in [6.45, 7) is 8.29. The number of anilines is 1. The van der Waals surface area contributed by atoms with E-state index in [1.165, 1.54) is 17.3 Å². The molecule has 2 aromatic carbocycles. The van der Waals surface area contributed by atoms with Gasteiger partial charge >= 0.3 is 5.97 Å². The van der Waals surface area contributed by atoms with Gasteiger partial charge in [0.2, 0.25) is 0 Å². The van der Waals surface area contributed by atoms with Crippen molar-refractivity contribution in [2.24, 2.45) is 0 Å². The van der Waals surface area contributed by atoms with Crippen molar-refractivity contribution in [2.75, 3.05) is 11.5 Å². The van der Waals surface area contributed by atoms with Gasteiger partial charge in [-0.3, -0.25) is 9.69 Å². The maximum atomic E-state index is 13.2. The molecular formula is C26H29NO5S2. The Bertz CT molecular complexity index is 1100. The minimum Gasteiger partial charge on any atom is -0.490 e. The van der Waals surface area contributed by atoms with Crippen LogP contribution in [0.1, 0.15) is 57.6 Å². The highest BCUT2D eigenvalue weighted by atomic mass is 32.2. The molecule has 6 nitrogen and oxygen atoms in total. The third kappa shape index (κ3) is 5.80. The van der Waals surface area contributed by atoms with Crippen molar-refractivity contribution in [2.45, 2.75) is 52.6 Å². The fourth-order valence-electron chi connectivity index (χ4n) is 3.47. The SMILES string of the molecule is CCOc1cc(/C=C2/SC(=S)N(c3ccc(C(C)CC)cc3)C2=O)ccc1OC(CC)C(=O)O. The molecule has 1 N–H and O–H groups in total. The van der Waals surface area contributed by atoms with Gasteiger partial charge in [-0.2, -0.15) is 0 Å². The van der Waals surface area contributed by atoms with Crippen molar-refractivity contribution in [3.8, 4) is 11.5 Å². The molecule has 0 aromatic heterocycles. The number of benzene rings is 2. The quantitative estimate of drug-likeness (QED) is 0.306. The van der Waals surface area contributed by atoms with Crippen LogP contribution in [0.5, 0.6) is 11.5 Å². The Hall–Kier alpha value is -2.84. The van der Waals surface area contributed by atoms with Crippen molar-refractivity contribution in [3.63, 3.8) is 0 Å². The number of rotatable bonds is 10. The van der Waals surface area contributed by atoms with Crippen LogP contribution in [0, 0.1) is 0 Å². The molecule has 1 aliphatic heterocycles. The molecule has 0 bridgehead atoms. The lowest BCUT2D eigenvalue weighted by Crippen LogP contribution is -2.27. The zero-order valence-corrected chi connectivity index (χ0v) is 21.4. The first-order chi connectivity index (χ1) is 16.3. The van der Waals surface area contributed by atoms with Crippen LogP contribution in [-0.2, 0) is 9.59 Å². The van der Waals surface area contributed by atoms with Gasteiger partial charge in [0.15, 0.2) is 21.9 Å². The van der Waals surface area contributed by atoms with Gasteiger partial charge in [0.05, 0.1) is 17.2 Å². The maximum absolute atomic E-state index is 13.2. The topological polar surface area (TPSA) is 76.1 Å². The second-order valence-corrected chi connectivity index (χ2v) is 9.59. The number of carboxylic acids is 1. The molecule has 2 atom stereocenters. The second-order valence-electron chi connectivity index (χ2n) is 7.91. The Balaban J connectivity index is 1.85. The molecule has 1 saturated heterocycles. The summed E-state index contributed by atoms with van der Waals surface area (Å²) in [5.41, 5.74) is 2.70. The summed E-state index contributed by atoms with van der Waals surface area (Å²) in [5.74, 6) is 0.0142. The molecular weight excluding hydrogens is 470 g/mol. The maximum Gasteiger partial charge on any atom is 0.344 e. The molecule has 0 saturated carbocycles. The van der Waals surface area contributed by atoms with Gasteiger partial charge in [-0.15, -0.1) is 0 Å². The molecule has 1 fully saturated rings. The number of carboxylic acid groups (broad SMARTS) is 1. The number of hydrogen-bond acceptors (Lipinski definition) is 6. The van der Waals surface area contributed by atoms with Crippen LogP contribution in [0.4, 0.5) is 5.69 Å². The van der Waals surface area contributed by atoms with E-state index < -0.39 is 12.1 Å². The van der Waals surface area contributed by atoms with Gasteiger partial charge < -0.3 is 14.6 Å². The van der Waals surface area contributed by atoms with Crippen LogP contribution in [-0.4, -0.2) is 34.0 Å². The predicted octanol–water partition coefficient (Wildman–Crippen LogP) is 6.25. The fraction of sp³-hybridized carbons (Fsp3) is 0.346. The van der Waals surface area contributed by atoms with Crippen molar-refractivity contribution < 1.29 is 24.2 Å². The summed E-state index contributed by atoms with van der Waals surface area (Å²) < 4.78 is 11.8. The predicted molar refractivity (Wildman–Crippen MR) is 141 cm³/mol. The molecule has 1 amide bonds. The molecule has 1 heterocycles. The van der Waals surface area contributed by atoms with E-state index in [2.05, 4.69) is 13.8 Å². The van der Waals surface area contributed by atoms with Gasteiger partial charge in [0, 0.05) is 0 Å². The van der Waals surface area contributed by atoms with E-state index in [1.807, 2.05) is 31.2 Å². The first-order valence-electron chi connectivity index (χ1n) is 11.3. The fourth-order valence-corrected chi connectivity index (χ4v) is 4.77. The number of hydrogen-bond donors (Lipinski definition) is 1. The van der Waals surface area contributed by atoms with Crippen LogP contribution in [0.15, 0.2) is 47.4 Å². The van der Waals surface area contributed by atoms with Gasteiger partial charge in [-0.1, -0.05) is 63.0 Å².